The van der Waals surface area contributed by atoms with Crippen molar-refractivity contribution in [3.05, 3.63) is 29.8 Å². The third-order valence-corrected chi connectivity index (χ3v) is 4.02. The number of nitrogens with one attached hydrogen (secondary N) is 1. The van der Waals surface area contributed by atoms with Crippen molar-refractivity contribution in [2.24, 2.45) is 0 Å². The van der Waals surface area contributed by atoms with Gasteiger partial charge in [-0.25, -0.2) is 0 Å². The molecule has 1 saturated heterocycles. The van der Waals surface area contributed by atoms with Gasteiger partial charge in [-0.1, -0.05) is 26.0 Å². The molecule has 0 bridgehead atoms. The molecule has 3 nitrogen and oxygen atoms in total. The molecule has 1 aromatic carbocycles. The van der Waals surface area contributed by atoms with Gasteiger partial charge in [-0.15, -0.1) is 0 Å². The molecule has 1 heterocycles. The average Bonchev–Trinajstić information content (AvgIpc) is 2.46. The number of piperazine rings is 1. The molecule has 1 aromatic rings. The molecule has 1 N–H and O–H groups in total. The Balaban J connectivity index is 2.01. The summed E-state index contributed by atoms with van der Waals surface area (Å²) in [5, 5.41) is 3.53. The summed E-state index contributed by atoms with van der Waals surface area (Å²) >= 11 is 0. The summed E-state index contributed by atoms with van der Waals surface area (Å²) in [6.45, 7) is 10.0. The molecule has 19 heavy (non-hydrogen) atoms. The van der Waals surface area contributed by atoms with Gasteiger partial charge in [0.2, 0.25) is 0 Å². The molecule has 1 aliphatic heterocycles. The van der Waals surface area contributed by atoms with Crippen LogP contribution in [0, 0.1) is 0 Å². The Bertz CT molecular complexity index is 366. The maximum atomic E-state index is 3.53. The van der Waals surface area contributed by atoms with Gasteiger partial charge in [0.25, 0.3) is 0 Å². The van der Waals surface area contributed by atoms with Crippen molar-refractivity contribution < 1.29 is 0 Å². The minimum absolute atomic E-state index is 0.492. The molecule has 0 aliphatic carbocycles. The molecule has 106 valence electrons. The highest BCUT2D eigenvalue weighted by molar-refractivity contribution is 5.48. The minimum Gasteiger partial charge on any atom is -0.369 e. The van der Waals surface area contributed by atoms with Crippen LogP contribution in [0.15, 0.2) is 24.3 Å². The Morgan fingerprint density at radius 1 is 1.05 bits per heavy atom. The predicted molar refractivity (Wildman–Crippen MR) is 82.9 cm³/mol. The maximum absolute atomic E-state index is 3.53. The van der Waals surface area contributed by atoms with E-state index in [0.29, 0.717) is 6.04 Å². The van der Waals surface area contributed by atoms with Crippen molar-refractivity contribution in [2.45, 2.75) is 26.3 Å². The Morgan fingerprint density at radius 2 is 1.68 bits per heavy atom. The van der Waals surface area contributed by atoms with E-state index in [1.54, 1.807) is 0 Å². The number of rotatable bonds is 5. The van der Waals surface area contributed by atoms with Gasteiger partial charge in [-0.3, -0.25) is 0 Å². The Kier molecular flexibility index (Phi) is 5.23. The second-order valence-corrected chi connectivity index (χ2v) is 5.40. The Morgan fingerprint density at radius 3 is 2.21 bits per heavy atom. The molecule has 1 fully saturated rings. The van der Waals surface area contributed by atoms with Crippen LogP contribution in [0.5, 0.6) is 0 Å². The first kappa shape index (κ1) is 14.4. The fourth-order valence-electron chi connectivity index (χ4n) is 2.73. The number of benzene rings is 1. The Hall–Kier alpha value is -1.06. The molecule has 0 amide bonds. The van der Waals surface area contributed by atoms with Crippen molar-refractivity contribution in [3.63, 3.8) is 0 Å². The molecule has 0 spiro atoms. The monoisotopic (exact) mass is 261 g/mol. The fourth-order valence-corrected chi connectivity index (χ4v) is 2.73. The first-order chi connectivity index (χ1) is 9.24. The lowest BCUT2D eigenvalue weighted by atomic mass is 10.0. The van der Waals surface area contributed by atoms with Gasteiger partial charge in [0, 0.05) is 37.9 Å². The van der Waals surface area contributed by atoms with E-state index in [1.807, 2.05) is 0 Å². The summed E-state index contributed by atoms with van der Waals surface area (Å²) in [4.78, 5) is 4.88. The molecule has 1 unspecified atom stereocenters. The normalized spacial score (nSPS) is 18.6. The van der Waals surface area contributed by atoms with E-state index in [0.717, 1.165) is 39.1 Å². The number of likely N-dealkylation sites (N-methyl/N-ethyl adjacent to an activating group) is 1. The summed E-state index contributed by atoms with van der Waals surface area (Å²) in [6, 6.07) is 9.61. The third-order valence-electron chi connectivity index (χ3n) is 4.02. The SMILES string of the molecule is CCNC(CC)c1ccc(N2CCN(C)CC2)cc1. The van der Waals surface area contributed by atoms with E-state index in [4.69, 9.17) is 0 Å². The van der Waals surface area contributed by atoms with E-state index in [-0.39, 0.29) is 0 Å². The molecular formula is C16H27N3. The van der Waals surface area contributed by atoms with Crippen molar-refractivity contribution >= 4 is 5.69 Å². The fraction of sp³-hybridized carbons (Fsp3) is 0.625. The van der Waals surface area contributed by atoms with E-state index in [9.17, 15) is 0 Å². The lowest BCUT2D eigenvalue weighted by Gasteiger charge is -2.34. The van der Waals surface area contributed by atoms with Crippen LogP contribution in [0.1, 0.15) is 31.9 Å². The molecule has 3 heteroatoms. The minimum atomic E-state index is 0.492. The predicted octanol–water partition coefficient (Wildman–Crippen LogP) is 2.50. The van der Waals surface area contributed by atoms with Gasteiger partial charge in [0.05, 0.1) is 0 Å². The van der Waals surface area contributed by atoms with Crippen molar-refractivity contribution in [1.82, 2.24) is 10.2 Å². The molecular weight excluding hydrogens is 234 g/mol. The van der Waals surface area contributed by atoms with Crippen LogP contribution >= 0.6 is 0 Å². The van der Waals surface area contributed by atoms with Gasteiger partial charge < -0.3 is 15.1 Å². The van der Waals surface area contributed by atoms with Crippen molar-refractivity contribution in [1.29, 1.82) is 0 Å². The van der Waals surface area contributed by atoms with Crippen LogP contribution in [0.25, 0.3) is 0 Å². The van der Waals surface area contributed by atoms with Crippen molar-refractivity contribution in [2.75, 3.05) is 44.7 Å². The number of hydrogen-bond donors (Lipinski definition) is 1. The summed E-state index contributed by atoms with van der Waals surface area (Å²) < 4.78 is 0. The highest BCUT2D eigenvalue weighted by atomic mass is 15.2. The first-order valence-corrected chi connectivity index (χ1v) is 7.51. The number of anilines is 1. The van der Waals surface area contributed by atoms with Gasteiger partial charge in [0.1, 0.15) is 0 Å². The number of nitrogens with zero attached hydrogens (tertiary/aromatic N) is 2. The molecule has 2 rings (SSSR count). The maximum Gasteiger partial charge on any atom is 0.0367 e. The van der Waals surface area contributed by atoms with Crippen LogP contribution in [-0.2, 0) is 0 Å². The van der Waals surface area contributed by atoms with E-state index >= 15 is 0 Å². The van der Waals surface area contributed by atoms with Crippen LogP contribution in [0.4, 0.5) is 5.69 Å². The second kappa shape index (κ2) is 6.92. The molecule has 0 radical (unpaired) electrons. The lowest BCUT2D eigenvalue weighted by Crippen LogP contribution is -2.44. The van der Waals surface area contributed by atoms with Crippen LogP contribution < -0.4 is 10.2 Å². The van der Waals surface area contributed by atoms with Crippen LogP contribution in [0.2, 0.25) is 0 Å². The summed E-state index contributed by atoms with van der Waals surface area (Å²) in [5.74, 6) is 0. The topological polar surface area (TPSA) is 18.5 Å². The first-order valence-electron chi connectivity index (χ1n) is 7.51. The molecule has 0 saturated carbocycles. The summed E-state index contributed by atoms with van der Waals surface area (Å²) in [5.41, 5.74) is 2.77. The van der Waals surface area contributed by atoms with Gasteiger partial charge >= 0.3 is 0 Å². The zero-order valence-electron chi connectivity index (χ0n) is 12.5. The average molecular weight is 261 g/mol. The molecule has 1 aliphatic rings. The highest BCUT2D eigenvalue weighted by Gasteiger charge is 2.14. The summed E-state index contributed by atoms with van der Waals surface area (Å²) in [7, 11) is 2.20. The zero-order chi connectivity index (χ0) is 13.7. The Labute approximate surface area is 117 Å². The van der Waals surface area contributed by atoms with Crippen LogP contribution in [-0.4, -0.2) is 44.7 Å². The standard InChI is InChI=1S/C16H27N3/c1-4-16(17-5-2)14-6-8-15(9-7-14)19-12-10-18(3)11-13-19/h6-9,16-17H,4-5,10-13H2,1-3H3. The highest BCUT2D eigenvalue weighted by Crippen LogP contribution is 2.22. The van der Waals surface area contributed by atoms with Gasteiger partial charge in [-0.05, 0) is 37.7 Å². The molecule has 1 atom stereocenters. The van der Waals surface area contributed by atoms with Gasteiger partial charge in [0.15, 0.2) is 0 Å². The lowest BCUT2D eigenvalue weighted by molar-refractivity contribution is 0.313. The zero-order valence-corrected chi connectivity index (χ0v) is 12.5. The van der Waals surface area contributed by atoms with Crippen LogP contribution in [0.3, 0.4) is 0 Å². The third kappa shape index (κ3) is 3.71. The second-order valence-electron chi connectivity index (χ2n) is 5.40. The molecule has 0 aromatic heterocycles. The van der Waals surface area contributed by atoms with E-state index in [2.05, 4.69) is 60.3 Å². The smallest absolute Gasteiger partial charge is 0.0367 e. The largest absolute Gasteiger partial charge is 0.369 e. The quantitative estimate of drug-likeness (QED) is 0.878. The summed E-state index contributed by atoms with van der Waals surface area (Å²) in [6.07, 6.45) is 1.14. The number of hydrogen-bond acceptors (Lipinski definition) is 3. The van der Waals surface area contributed by atoms with E-state index in [1.165, 1.54) is 11.3 Å². The van der Waals surface area contributed by atoms with Crippen molar-refractivity contribution in [3.8, 4) is 0 Å². The van der Waals surface area contributed by atoms with E-state index < -0.39 is 0 Å². The van der Waals surface area contributed by atoms with Gasteiger partial charge in [-0.2, -0.15) is 0 Å².